The summed E-state index contributed by atoms with van der Waals surface area (Å²) in [4.78, 5) is 33.2. The van der Waals surface area contributed by atoms with Crippen LogP contribution in [0.2, 0.25) is 0 Å². The Morgan fingerprint density at radius 2 is 2.14 bits per heavy atom. The van der Waals surface area contributed by atoms with Crippen molar-refractivity contribution < 1.29 is 4.79 Å². The lowest BCUT2D eigenvalue weighted by Crippen LogP contribution is -2.30. The van der Waals surface area contributed by atoms with Crippen LogP contribution in [0.1, 0.15) is 35.0 Å². The van der Waals surface area contributed by atoms with Gasteiger partial charge in [-0.2, -0.15) is 0 Å². The molecule has 1 saturated heterocycles. The molecule has 0 bridgehead atoms. The van der Waals surface area contributed by atoms with Gasteiger partial charge in [0.15, 0.2) is 10.9 Å². The van der Waals surface area contributed by atoms with Gasteiger partial charge in [0.2, 0.25) is 5.91 Å². The molecule has 1 aliphatic rings. The summed E-state index contributed by atoms with van der Waals surface area (Å²) in [6, 6.07) is 3.66. The van der Waals surface area contributed by atoms with Crippen LogP contribution in [0, 0.1) is 6.92 Å². The van der Waals surface area contributed by atoms with Crippen molar-refractivity contribution in [2.24, 2.45) is 0 Å². The van der Waals surface area contributed by atoms with Crippen molar-refractivity contribution in [1.29, 1.82) is 0 Å². The molecule has 1 amide bonds. The quantitative estimate of drug-likeness (QED) is 0.666. The monoisotopic (exact) mass is 392 g/mol. The van der Waals surface area contributed by atoms with Gasteiger partial charge in [-0.15, -0.1) is 11.3 Å². The number of amides is 1. The van der Waals surface area contributed by atoms with E-state index in [4.69, 9.17) is 0 Å². The molecule has 0 unspecified atom stereocenters. The maximum atomic E-state index is 12.8. The van der Waals surface area contributed by atoms with Gasteiger partial charge in [-0.1, -0.05) is 6.07 Å². The molecule has 4 rings (SSSR count). The summed E-state index contributed by atoms with van der Waals surface area (Å²) in [6.45, 7) is 2.71. The van der Waals surface area contributed by atoms with Crippen LogP contribution in [0.15, 0.2) is 49.2 Å². The van der Waals surface area contributed by atoms with E-state index < -0.39 is 0 Å². The van der Waals surface area contributed by atoms with Crippen LogP contribution in [0.25, 0.3) is 6.08 Å². The normalized spacial score (nSPS) is 16.6. The van der Waals surface area contributed by atoms with Crippen LogP contribution in [0.5, 0.6) is 0 Å². The van der Waals surface area contributed by atoms with Crippen LogP contribution in [0.3, 0.4) is 0 Å². The molecule has 1 fully saturated rings. The molecule has 8 heteroatoms. The molecule has 7 nitrogen and oxygen atoms in total. The number of anilines is 2. The third-order valence-electron chi connectivity index (χ3n) is 4.53. The van der Waals surface area contributed by atoms with Crippen LogP contribution in [0.4, 0.5) is 10.9 Å². The average Bonchev–Trinajstić information content (AvgIpc) is 3.36. The van der Waals surface area contributed by atoms with E-state index in [0.717, 1.165) is 34.1 Å². The first-order chi connectivity index (χ1) is 13.7. The maximum Gasteiger partial charge on any atom is 0.247 e. The Hall–Kier alpha value is -3.13. The lowest BCUT2D eigenvalue weighted by atomic mass is 10.1. The Balaban J connectivity index is 1.55. The first kappa shape index (κ1) is 18.2. The van der Waals surface area contributed by atoms with E-state index in [1.807, 2.05) is 30.2 Å². The van der Waals surface area contributed by atoms with Crippen molar-refractivity contribution >= 4 is 34.3 Å². The molecule has 1 aliphatic heterocycles. The summed E-state index contributed by atoms with van der Waals surface area (Å²) in [5, 5.41) is 4.03. The second-order valence-corrected chi connectivity index (χ2v) is 7.74. The number of rotatable bonds is 5. The number of carbonyl (C=O) groups is 1. The SMILES string of the molecule is Cc1cnc(Nc2nccnc2[C@H]2CCCN2C(=O)/C=C/c2cccnc2)s1. The van der Waals surface area contributed by atoms with Crippen LogP contribution in [-0.2, 0) is 4.79 Å². The highest BCUT2D eigenvalue weighted by molar-refractivity contribution is 7.15. The third-order valence-corrected chi connectivity index (χ3v) is 5.36. The number of hydrogen-bond donors (Lipinski definition) is 1. The summed E-state index contributed by atoms with van der Waals surface area (Å²) in [5.41, 5.74) is 1.67. The summed E-state index contributed by atoms with van der Waals surface area (Å²) < 4.78 is 0. The topological polar surface area (TPSA) is 83.9 Å². The lowest BCUT2D eigenvalue weighted by molar-refractivity contribution is -0.126. The molecule has 0 aromatic carbocycles. The number of aromatic nitrogens is 4. The largest absolute Gasteiger partial charge is 0.330 e. The fourth-order valence-electron chi connectivity index (χ4n) is 3.26. The summed E-state index contributed by atoms with van der Waals surface area (Å²) in [6.07, 6.45) is 13.8. The number of nitrogens with zero attached hydrogens (tertiary/aromatic N) is 5. The summed E-state index contributed by atoms with van der Waals surface area (Å²) in [5.74, 6) is 0.617. The van der Waals surface area contributed by atoms with Gasteiger partial charge >= 0.3 is 0 Å². The highest BCUT2D eigenvalue weighted by Crippen LogP contribution is 2.35. The van der Waals surface area contributed by atoms with Crippen LogP contribution in [-0.4, -0.2) is 37.3 Å². The number of aryl methyl sites for hydroxylation is 1. The number of thiazole rings is 1. The van der Waals surface area contributed by atoms with Gasteiger partial charge in [0.25, 0.3) is 0 Å². The zero-order valence-electron chi connectivity index (χ0n) is 15.4. The van der Waals surface area contributed by atoms with E-state index in [2.05, 4.69) is 25.3 Å². The smallest absolute Gasteiger partial charge is 0.247 e. The fourth-order valence-corrected chi connectivity index (χ4v) is 3.92. The van der Waals surface area contributed by atoms with Gasteiger partial charge < -0.3 is 10.2 Å². The van der Waals surface area contributed by atoms with E-state index >= 15 is 0 Å². The third kappa shape index (κ3) is 4.07. The molecule has 142 valence electrons. The Morgan fingerprint density at radius 1 is 1.25 bits per heavy atom. The Kier molecular flexibility index (Phi) is 5.38. The minimum atomic E-state index is -0.108. The van der Waals surface area contributed by atoms with Crippen LogP contribution < -0.4 is 5.32 Å². The van der Waals surface area contributed by atoms with E-state index in [-0.39, 0.29) is 11.9 Å². The molecule has 3 aromatic rings. The molecule has 4 heterocycles. The molecular formula is C20H20N6OS. The molecule has 0 saturated carbocycles. The average molecular weight is 392 g/mol. The van der Waals surface area contributed by atoms with Gasteiger partial charge in [-0.3, -0.25) is 14.8 Å². The predicted molar refractivity (Wildman–Crippen MR) is 109 cm³/mol. The Morgan fingerprint density at radius 3 is 2.93 bits per heavy atom. The number of hydrogen-bond acceptors (Lipinski definition) is 7. The molecular weight excluding hydrogens is 372 g/mol. The van der Waals surface area contributed by atoms with E-state index in [9.17, 15) is 4.79 Å². The Labute approximate surface area is 167 Å². The van der Waals surface area contributed by atoms with Gasteiger partial charge in [-0.05, 0) is 37.5 Å². The minimum absolute atomic E-state index is 0.0342. The van der Waals surface area contributed by atoms with Crippen molar-refractivity contribution in [1.82, 2.24) is 24.8 Å². The second kappa shape index (κ2) is 8.26. The number of carbonyl (C=O) groups excluding carboxylic acids is 1. The molecule has 1 N–H and O–H groups in total. The van der Waals surface area contributed by atoms with Crippen molar-refractivity contribution in [3.05, 3.63) is 65.3 Å². The zero-order chi connectivity index (χ0) is 19.3. The van der Waals surface area contributed by atoms with Gasteiger partial charge in [-0.25, -0.2) is 9.97 Å². The van der Waals surface area contributed by atoms with Crippen molar-refractivity contribution in [3.63, 3.8) is 0 Å². The summed E-state index contributed by atoms with van der Waals surface area (Å²) >= 11 is 1.56. The van der Waals surface area contributed by atoms with E-state index in [0.29, 0.717) is 12.4 Å². The van der Waals surface area contributed by atoms with Gasteiger partial charge in [0, 0.05) is 48.5 Å². The molecule has 1 atom stereocenters. The zero-order valence-corrected chi connectivity index (χ0v) is 16.3. The summed E-state index contributed by atoms with van der Waals surface area (Å²) in [7, 11) is 0. The number of likely N-dealkylation sites (tertiary alicyclic amines) is 1. The fraction of sp³-hybridized carbons (Fsp3) is 0.250. The van der Waals surface area contributed by atoms with Crippen molar-refractivity contribution in [3.8, 4) is 0 Å². The maximum absolute atomic E-state index is 12.8. The highest BCUT2D eigenvalue weighted by Gasteiger charge is 2.32. The van der Waals surface area contributed by atoms with Crippen molar-refractivity contribution in [2.75, 3.05) is 11.9 Å². The highest BCUT2D eigenvalue weighted by atomic mass is 32.1. The lowest BCUT2D eigenvalue weighted by Gasteiger charge is -2.24. The first-order valence-corrected chi connectivity index (χ1v) is 9.91. The van der Waals surface area contributed by atoms with Crippen molar-refractivity contribution in [2.45, 2.75) is 25.8 Å². The number of pyridine rings is 1. The first-order valence-electron chi connectivity index (χ1n) is 9.10. The van der Waals surface area contributed by atoms with Crippen LogP contribution >= 0.6 is 11.3 Å². The van der Waals surface area contributed by atoms with Gasteiger partial charge in [0.1, 0.15) is 5.69 Å². The van der Waals surface area contributed by atoms with Gasteiger partial charge in [0.05, 0.1) is 6.04 Å². The minimum Gasteiger partial charge on any atom is -0.330 e. The molecule has 28 heavy (non-hydrogen) atoms. The molecule has 0 radical (unpaired) electrons. The Bertz CT molecular complexity index is 987. The standard InChI is InChI=1S/C20H20N6OS/c1-14-12-24-20(28-14)25-19-18(22-9-10-23-19)16-5-3-11-26(16)17(27)7-6-15-4-2-8-21-13-15/h2,4,6-10,12-13,16H,3,5,11H2,1H3,(H,23,24,25)/b7-6+/t16-/m1/s1. The molecule has 0 aliphatic carbocycles. The van der Waals surface area contributed by atoms with E-state index in [1.54, 1.807) is 48.3 Å². The number of nitrogens with one attached hydrogen (secondary N) is 1. The molecule has 0 spiro atoms. The van der Waals surface area contributed by atoms with E-state index in [1.165, 1.54) is 0 Å². The second-order valence-electron chi connectivity index (χ2n) is 6.50. The molecule has 3 aromatic heterocycles. The predicted octanol–water partition coefficient (Wildman–Crippen LogP) is 3.76.